The molecule has 2 rings (SSSR count). The van der Waals surface area contributed by atoms with Crippen LogP contribution in [0, 0.1) is 0 Å². The molecule has 0 radical (unpaired) electrons. The minimum Gasteiger partial charge on any atom is -0.379 e. The van der Waals surface area contributed by atoms with Crippen LogP contribution >= 0.6 is 0 Å². The van der Waals surface area contributed by atoms with Gasteiger partial charge in [0.1, 0.15) is 0 Å². The second-order valence-electron chi connectivity index (χ2n) is 5.39. The van der Waals surface area contributed by atoms with Crippen molar-refractivity contribution < 1.29 is 17.9 Å². The molecule has 6 heteroatoms. The minimum atomic E-state index is -4.27. The highest BCUT2D eigenvalue weighted by Gasteiger charge is 2.29. The standard InChI is InChI=1S/C15H21F3N2O/c1-12(11-20-6-8-21-9-7-20)19-10-13-2-4-14(5-3-13)15(16,17)18/h2-5,12,19H,6-11H2,1H3. The Hall–Kier alpha value is -1.11. The van der Waals surface area contributed by atoms with Gasteiger partial charge in [0.15, 0.2) is 0 Å². The maximum atomic E-state index is 12.5. The van der Waals surface area contributed by atoms with E-state index in [1.165, 1.54) is 12.1 Å². The number of alkyl halides is 3. The summed E-state index contributed by atoms with van der Waals surface area (Å²) in [6, 6.07) is 5.59. The lowest BCUT2D eigenvalue weighted by atomic mass is 10.1. The van der Waals surface area contributed by atoms with Crippen molar-refractivity contribution in [3.8, 4) is 0 Å². The van der Waals surface area contributed by atoms with Gasteiger partial charge in [0.25, 0.3) is 0 Å². The molecule has 0 saturated carbocycles. The molecule has 1 unspecified atom stereocenters. The molecule has 1 aliphatic rings. The molecule has 3 nitrogen and oxygen atoms in total. The van der Waals surface area contributed by atoms with Crippen molar-refractivity contribution in [2.24, 2.45) is 0 Å². The third-order valence-corrected chi connectivity index (χ3v) is 3.57. The van der Waals surface area contributed by atoms with E-state index in [9.17, 15) is 13.2 Å². The first-order chi connectivity index (χ1) is 9.95. The molecule has 0 amide bonds. The average Bonchev–Trinajstić information content (AvgIpc) is 2.46. The zero-order valence-electron chi connectivity index (χ0n) is 12.1. The first-order valence-electron chi connectivity index (χ1n) is 7.15. The summed E-state index contributed by atoms with van der Waals surface area (Å²) in [5.74, 6) is 0. The lowest BCUT2D eigenvalue weighted by Crippen LogP contribution is -2.44. The fourth-order valence-corrected chi connectivity index (χ4v) is 2.34. The summed E-state index contributed by atoms with van der Waals surface area (Å²) in [6.45, 7) is 6.99. The van der Waals surface area contributed by atoms with Gasteiger partial charge in [-0.3, -0.25) is 4.90 Å². The van der Waals surface area contributed by atoms with E-state index < -0.39 is 11.7 Å². The van der Waals surface area contributed by atoms with Crippen molar-refractivity contribution >= 4 is 0 Å². The van der Waals surface area contributed by atoms with Crippen LogP contribution < -0.4 is 5.32 Å². The van der Waals surface area contributed by atoms with E-state index >= 15 is 0 Å². The van der Waals surface area contributed by atoms with Gasteiger partial charge in [0.2, 0.25) is 0 Å². The summed E-state index contributed by atoms with van der Waals surface area (Å²) in [4.78, 5) is 2.33. The lowest BCUT2D eigenvalue weighted by Gasteiger charge is -2.29. The predicted molar refractivity (Wildman–Crippen MR) is 75.0 cm³/mol. The van der Waals surface area contributed by atoms with Crippen molar-refractivity contribution in [2.75, 3.05) is 32.8 Å². The quantitative estimate of drug-likeness (QED) is 0.904. The molecule has 1 aromatic rings. The number of rotatable bonds is 5. The van der Waals surface area contributed by atoms with Gasteiger partial charge in [-0.05, 0) is 24.6 Å². The SMILES string of the molecule is CC(CN1CCOCC1)NCc1ccc(C(F)(F)F)cc1. The first kappa shape index (κ1) is 16.3. The van der Waals surface area contributed by atoms with Crippen LogP contribution in [0.2, 0.25) is 0 Å². The normalized spacial score (nSPS) is 18.7. The van der Waals surface area contributed by atoms with Crippen LogP contribution in [0.15, 0.2) is 24.3 Å². The minimum absolute atomic E-state index is 0.283. The topological polar surface area (TPSA) is 24.5 Å². The molecule has 0 spiro atoms. The molecular weight excluding hydrogens is 281 g/mol. The van der Waals surface area contributed by atoms with Crippen LogP contribution in [0.25, 0.3) is 0 Å². The summed E-state index contributed by atoms with van der Waals surface area (Å²) in [6.07, 6.45) is -4.27. The average molecular weight is 302 g/mol. The predicted octanol–water partition coefficient (Wildman–Crippen LogP) is 2.52. The second kappa shape index (κ2) is 7.24. The molecule has 0 aromatic heterocycles. The van der Waals surface area contributed by atoms with Crippen LogP contribution in [-0.4, -0.2) is 43.8 Å². The Balaban J connectivity index is 1.76. The largest absolute Gasteiger partial charge is 0.416 e. The number of halogens is 3. The summed E-state index contributed by atoms with van der Waals surface area (Å²) in [5, 5.41) is 3.34. The third kappa shape index (κ3) is 5.30. The molecule has 1 heterocycles. The molecule has 1 atom stereocenters. The van der Waals surface area contributed by atoms with Crippen molar-refractivity contribution in [2.45, 2.75) is 25.7 Å². The number of ether oxygens (including phenoxy) is 1. The van der Waals surface area contributed by atoms with Crippen molar-refractivity contribution in [3.05, 3.63) is 35.4 Å². The van der Waals surface area contributed by atoms with E-state index in [1.54, 1.807) is 0 Å². The van der Waals surface area contributed by atoms with Crippen LogP contribution in [-0.2, 0) is 17.5 Å². The fourth-order valence-electron chi connectivity index (χ4n) is 2.34. The van der Waals surface area contributed by atoms with E-state index in [2.05, 4.69) is 17.1 Å². The highest BCUT2D eigenvalue weighted by atomic mass is 19.4. The molecule has 118 valence electrons. The summed E-state index contributed by atoms with van der Waals surface area (Å²) in [5.41, 5.74) is 0.254. The smallest absolute Gasteiger partial charge is 0.379 e. The Kier molecular flexibility index (Phi) is 5.61. The Morgan fingerprint density at radius 2 is 1.81 bits per heavy atom. The van der Waals surface area contributed by atoms with Crippen LogP contribution in [0.5, 0.6) is 0 Å². The molecule has 1 saturated heterocycles. The van der Waals surface area contributed by atoms with Gasteiger partial charge >= 0.3 is 6.18 Å². The highest BCUT2D eigenvalue weighted by molar-refractivity contribution is 5.24. The lowest BCUT2D eigenvalue weighted by molar-refractivity contribution is -0.137. The molecule has 1 aliphatic heterocycles. The number of benzene rings is 1. The van der Waals surface area contributed by atoms with E-state index in [-0.39, 0.29) is 6.04 Å². The Labute approximate surface area is 123 Å². The summed E-state index contributed by atoms with van der Waals surface area (Å²) in [7, 11) is 0. The third-order valence-electron chi connectivity index (χ3n) is 3.57. The van der Waals surface area contributed by atoms with Gasteiger partial charge in [-0.25, -0.2) is 0 Å². The second-order valence-corrected chi connectivity index (χ2v) is 5.39. The van der Waals surface area contributed by atoms with Crippen molar-refractivity contribution in [1.82, 2.24) is 10.2 Å². The Bertz CT molecular complexity index is 428. The van der Waals surface area contributed by atoms with E-state index in [1.807, 2.05) is 0 Å². The number of nitrogens with one attached hydrogen (secondary N) is 1. The molecule has 1 fully saturated rings. The highest BCUT2D eigenvalue weighted by Crippen LogP contribution is 2.29. The zero-order valence-corrected chi connectivity index (χ0v) is 12.1. The van der Waals surface area contributed by atoms with Gasteiger partial charge in [-0.2, -0.15) is 13.2 Å². The number of hydrogen-bond donors (Lipinski definition) is 1. The molecule has 0 aliphatic carbocycles. The molecule has 1 aromatic carbocycles. The van der Waals surface area contributed by atoms with Crippen LogP contribution in [0.3, 0.4) is 0 Å². The molecule has 21 heavy (non-hydrogen) atoms. The van der Waals surface area contributed by atoms with E-state index in [0.717, 1.165) is 50.5 Å². The van der Waals surface area contributed by atoms with Gasteiger partial charge in [-0.15, -0.1) is 0 Å². The number of morpholine rings is 1. The first-order valence-corrected chi connectivity index (χ1v) is 7.15. The van der Waals surface area contributed by atoms with Gasteiger partial charge in [0, 0.05) is 32.2 Å². The van der Waals surface area contributed by atoms with Gasteiger partial charge in [0.05, 0.1) is 18.8 Å². The summed E-state index contributed by atoms with van der Waals surface area (Å²) < 4.78 is 42.7. The van der Waals surface area contributed by atoms with E-state index in [0.29, 0.717) is 6.54 Å². The van der Waals surface area contributed by atoms with E-state index in [4.69, 9.17) is 4.74 Å². The van der Waals surface area contributed by atoms with Crippen molar-refractivity contribution in [3.63, 3.8) is 0 Å². The molecular formula is C15H21F3N2O. The fraction of sp³-hybridized carbons (Fsp3) is 0.600. The number of nitrogens with zero attached hydrogens (tertiary/aromatic N) is 1. The van der Waals surface area contributed by atoms with Crippen LogP contribution in [0.1, 0.15) is 18.1 Å². The monoisotopic (exact) mass is 302 g/mol. The molecule has 1 N–H and O–H groups in total. The number of hydrogen-bond acceptors (Lipinski definition) is 3. The Morgan fingerprint density at radius 1 is 1.19 bits per heavy atom. The van der Waals surface area contributed by atoms with Crippen LogP contribution in [0.4, 0.5) is 13.2 Å². The van der Waals surface area contributed by atoms with Crippen molar-refractivity contribution in [1.29, 1.82) is 0 Å². The maximum absolute atomic E-state index is 12.5. The molecule has 0 bridgehead atoms. The zero-order chi connectivity index (χ0) is 15.3. The maximum Gasteiger partial charge on any atom is 0.416 e. The Morgan fingerprint density at radius 3 is 2.38 bits per heavy atom. The van der Waals surface area contributed by atoms with Gasteiger partial charge in [-0.1, -0.05) is 12.1 Å². The summed E-state index contributed by atoms with van der Waals surface area (Å²) >= 11 is 0. The van der Waals surface area contributed by atoms with Gasteiger partial charge < -0.3 is 10.1 Å².